The molecule has 2 rings (SSSR count). The fourth-order valence-corrected chi connectivity index (χ4v) is 2.07. The summed E-state index contributed by atoms with van der Waals surface area (Å²) in [4.78, 5) is 16.5. The van der Waals surface area contributed by atoms with Crippen molar-refractivity contribution in [2.24, 2.45) is 4.99 Å². The lowest BCUT2D eigenvalue weighted by atomic mass is 10.0. The molecule has 0 spiro atoms. The van der Waals surface area contributed by atoms with Crippen LogP contribution in [0.1, 0.15) is 37.9 Å². The van der Waals surface area contributed by atoms with Gasteiger partial charge in [0.2, 0.25) is 0 Å². The Bertz CT molecular complexity index is 532. The number of hydrogen-bond acceptors (Lipinski definition) is 4. The van der Waals surface area contributed by atoms with Crippen molar-refractivity contribution in [1.82, 2.24) is 10.6 Å². The standard InChI is InChI=1S/C15H21N3O2/c1-15(2,3)18-14-16-12(13(19)17-14)11-7-5-6-10(8-11)9-20-4/h5-8,12H,9H2,1-4H3,(H2,16,17,18,19). The lowest BCUT2D eigenvalue weighted by Gasteiger charge is -2.21. The van der Waals surface area contributed by atoms with Crippen molar-refractivity contribution in [2.75, 3.05) is 7.11 Å². The molecular formula is C15H21N3O2. The first-order chi connectivity index (χ1) is 9.39. The molecule has 108 valence electrons. The fourth-order valence-electron chi connectivity index (χ4n) is 2.07. The van der Waals surface area contributed by atoms with E-state index in [2.05, 4.69) is 15.6 Å². The molecule has 1 atom stereocenters. The fraction of sp³-hybridized carbons (Fsp3) is 0.467. The highest BCUT2D eigenvalue weighted by Crippen LogP contribution is 2.22. The quantitative estimate of drug-likeness (QED) is 0.883. The highest BCUT2D eigenvalue weighted by Gasteiger charge is 2.29. The molecule has 1 aromatic rings. The molecule has 0 radical (unpaired) electrons. The number of nitrogens with one attached hydrogen (secondary N) is 2. The Morgan fingerprint density at radius 3 is 2.80 bits per heavy atom. The van der Waals surface area contributed by atoms with Crippen LogP contribution in [0, 0.1) is 0 Å². The lowest BCUT2D eigenvalue weighted by Crippen LogP contribution is -2.46. The third-order valence-corrected chi connectivity index (χ3v) is 2.82. The summed E-state index contributed by atoms with van der Waals surface area (Å²) in [5.41, 5.74) is 1.77. The van der Waals surface area contributed by atoms with Crippen molar-refractivity contribution in [1.29, 1.82) is 0 Å². The van der Waals surface area contributed by atoms with E-state index in [4.69, 9.17) is 4.74 Å². The third-order valence-electron chi connectivity index (χ3n) is 2.82. The number of benzene rings is 1. The van der Waals surface area contributed by atoms with Gasteiger partial charge in [-0.25, -0.2) is 4.99 Å². The van der Waals surface area contributed by atoms with E-state index < -0.39 is 6.04 Å². The second-order valence-electron chi connectivity index (χ2n) is 5.92. The van der Waals surface area contributed by atoms with E-state index in [-0.39, 0.29) is 11.4 Å². The highest BCUT2D eigenvalue weighted by molar-refractivity contribution is 6.05. The number of rotatable bonds is 3. The van der Waals surface area contributed by atoms with Gasteiger partial charge >= 0.3 is 0 Å². The summed E-state index contributed by atoms with van der Waals surface area (Å²) in [6, 6.07) is 7.26. The Balaban J connectivity index is 2.19. The van der Waals surface area contributed by atoms with Crippen molar-refractivity contribution >= 4 is 11.9 Å². The smallest absolute Gasteiger partial charge is 0.256 e. The number of carbonyl (C=O) groups excluding carboxylic acids is 1. The number of hydrogen-bond donors (Lipinski definition) is 2. The summed E-state index contributed by atoms with van der Waals surface area (Å²) < 4.78 is 5.11. The van der Waals surface area contributed by atoms with Crippen molar-refractivity contribution in [3.8, 4) is 0 Å². The summed E-state index contributed by atoms with van der Waals surface area (Å²) in [6.07, 6.45) is 0. The number of nitrogens with zero attached hydrogens (tertiary/aromatic N) is 1. The highest BCUT2D eigenvalue weighted by atomic mass is 16.5. The van der Waals surface area contributed by atoms with Gasteiger partial charge in [0.05, 0.1) is 6.61 Å². The van der Waals surface area contributed by atoms with Crippen LogP contribution in [0.2, 0.25) is 0 Å². The van der Waals surface area contributed by atoms with E-state index in [1.54, 1.807) is 7.11 Å². The molecule has 1 aromatic carbocycles. The maximum atomic E-state index is 12.0. The predicted molar refractivity (Wildman–Crippen MR) is 78.4 cm³/mol. The van der Waals surface area contributed by atoms with E-state index in [1.165, 1.54) is 0 Å². The normalized spacial score (nSPS) is 18.7. The molecule has 1 aliphatic heterocycles. The molecule has 5 heteroatoms. The van der Waals surface area contributed by atoms with Gasteiger partial charge in [-0.1, -0.05) is 24.3 Å². The van der Waals surface area contributed by atoms with Gasteiger partial charge in [-0.2, -0.15) is 0 Å². The molecule has 5 nitrogen and oxygen atoms in total. The van der Waals surface area contributed by atoms with Gasteiger partial charge in [0.15, 0.2) is 12.0 Å². The predicted octanol–water partition coefficient (Wildman–Crippen LogP) is 1.75. The number of methoxy groups -OCH3 is 1. The van der Waals surface area contributed by atoms with Crippen molar-refractivity contribution in [3.63, 3.8) is 0 Å². The number of amides is 1. The van der Waals surface area contributed by atoms with Crippen LogP contribution in [0.5, 0.6) is 0 Å². The van der Waals surface area contributed by atoms with Gasteiger partial charge in [0, 0.05) is 12.6 Å². The molecule has 0 bridgehead atoms. The van der Waals surface area contributed by atoms with E-state index >= 15 is 0 Å². The second-order valence-corrected chi connectivity index (χ2v) is 5.92. The molecule has 1 unspecified atom stereocenters. The topological polar surface area (TPSA) is 62.7 Å². The zero-order chi connectivity index (χ0) is 14.8. The van der Waals surface area contributed by atoms with E-state index in [0.29, 0.717) is 12.6 Å². The largest absolute Gasteiger partial charge is 0.380 e. The molecule has 20 heavy (non-hydrogen) atoms. The van der Waals surface area contributed by atoms with Crippen LogP contribution in [-0.2, 0) is 16.1 Å². The maximum Gasteiger partial charge on any atom is 0.256 e. The van der Waals surface area contributed by atoms with E-state index in [0.717, 1.165) is 11.1 Å². The van der Waals surface area contributed by atoms with E-state index in [9.17, 15) is 4.79 Å². The first-order valence-corrected chi connectivity index (χ1v) is 6.64. The molecular weight excluding hydrogens is 254 g/mol. The average molecular weight is 275 g/mol. The Morgan fingerprint density at radius 1 is 1.40 bits per heavy atom. The summed E-state index contributed by atoms with van der Waals surface area (Å²) in [7, 11) is 1.65. The molecule has 2 N–H and O–H groups in total. The first-order valence-electron chi connectivity index (χ1n) is 6.64. The van der Waals surface area contributed by atoms with Gasteiger partial charge in [-0.05, 0) is 31.9 Å². The van der Waals surface area contributed by atoms with Gasteiger partial charge in [-0.15, -0.1) is 0 Å². The molecule has 0 saturated heterocycles. The minimum Gasteiger partial charge on any atom is -0.380 e. The van der Waals surface area contributed by atoms with Crippen LogP contribution in [0.3, 0.4) is 0 Å². The van der Waals surface area contributed by atoms with Crippen LogP contribution in [0.4, 0.5) is 0 Å². The first kappa shape index (κ1) is 14.5. The molecule has 0 aromatic heterocycles. The lowest BCUT2D eigenvalue weighted by molar-refractivity contribution is -0.120. The summed E-state index contributed by atoms with van der Waals surface area (Å²) in [6.45, 7) is 6.59. The van der Waals surface area contributed by atoms with Gasteiger partial charge in [0.1, 0.15) is 0 Å². The molecule has 0 saturated carbocycles. The van der Waals surface area contributed by atoms with Crippen molar-refractivity contribution < 1.29 is 9.53 Å². The minimum absolute atomic E-state index is 0.105. The molecule has 1 aliphatic rings. The number of ether oxygens (including phenoxy) is 1. The van der Waals surface area contributed by atoms with E-state index in [1.807, 2.05) is 45.0 Å². The molecule has 0 aliphatic carbocycles. The van der Waals surface area contributed by atoms with Crippen LogP contribution < -0.4 is 10.6 Å². The Kier molecular flexibility index (Phi) is 4.09. The van der Waals surface area contributed by atoms with Crippen LogP contribution in [0.25, 0.3) is 0 Å². The van der Waals surface area contributed by atoms with Gasteiger partial charge in [0.25, 0.3) is 5.91 Å². The molecule has 1 heterocycles. The van der Waals surface area contributed by atoms with Gasteiger partial charge < -0.3 is 10.1 Å². The zero-order valence-electron chi connectivity index (χ0n) is 12.4. The molecule has 1 amide bonds. The van der Waals surface area contributed by atoms with Crippen molar-refractivity contribution in [2.45, 2.75) is 39.0 Å². The summed E-state index contributed by atoms with van der Waals surface area (Å²) in [5, 5.41) is 5.96. The van der Waals surface area contributed by atoms with Gasteiger partial charge in [-0.3, -0.25) is 10.1 Å². The van der Waals surface area contributed by atoms with Crippen LogP contribution >= 0.6 is 0 Å². The Labute approximate surface area is 119 Å². The molecule has 0 fully saturated rings. The minimum atomic E-state index is -0.489. The average Bonchev–Trinajstić information content (AvgIpc) is 2.68. The Hall–Kier alpha value is -1.88. The third kappa shape index (κ3) is 3.57. The van der Waals surface area contributed by atoms with Crippen molar-refractivity contribution in [3.05, 3.63) is 35.4 Å². The maximum absolute atomic E-state index is 12.0. The SMILES string of the molecule is COCc1cccc(C2N=C(NC(C)(C)C)NC2=O)c1. The van der Waals surface area contributed by atoms with Crippen LogP contribution in [0.15, 0.2) is 29.3 Å². The summed E-state index contributed by atoms with van der Waals surface area (Å²) in [5.74, 6) is 0.427. The second kappa shape index (κ2) is 5.63. The van der Waals surface area contributed by atoms with Crippen LogP contribution in [-0.4, -0.2) is 24.5 Å². The zero-order valence-corrected chi connectivity index (χ0v) is 12.4. The number of carbonyl (C=O) groups is 1. The summed E-state index contributed by atoms with van der Waals surface area (Å²) >= 11 is 0. The number of guanidine groups is 1. The monoisotopic (exact) mass is 275 g/mol. The number of aliphatic imine (C=N–C) groups is 1. The Morgan fingerprint density at radius 2 is 2.15 bits per heavy atom.